The maximum Gasteiger partial charge on any atom is 0.293 e. The van der Waals surface area contributed by atoms with Crippen LogP contribution in [-0.4, -0.2) is 22.6 Å². The Morgan fingerprint density at radius 1 is 0.957 bits per heavy atom. The van der Waals surface area contributed by atoms with Crippen LogP contribution in [0.4, 0.5) is 4.79 Å². The molecule has 1 saturated heterocycles. The van der Waals surface area contributed by atoms with E-state index < -0.39 is 0 Å². The molecule has 1 aliphatic heterocycles. The fourth-order valence-corrected chi connectivity index (χ4v) is 3.19. The molecule has 0 atom stereocenters. The van der Waals surface area contributed by atoms with E-state index in [9.17, 15) is 9.59 Å². The van der Waals surface area contributed by atoms with Gasteiger partial charge in [0.15, 0.2) is 0 Å². The van der Waals surface area contributed by atoms with Crippen molar-refractivity contribution in [3.8, 4) is 11.1 Å². The van der Waals surface area contributed by atoms with E-state index in [0.717, 1.165) is 28.5 Å². The van der Waals surface area contributed by atoms with E-state index in [1.54, 1.807) is 12.2 Å². The van der Waals surface area contributed by atoms with Crippen LogP contribution < -0.4 is 0 Å². The van der Waals surface area contributed by atoms with Crippen molar-refractivity contribution in [1.29, 1.82) is 0 Å². The molecule has 0 aromatic heterocycles. The lowest BCUT2D eigenvalue weighted by atomic mass is 10.0. The highest BCUT2D eigenvalue weighted by atomic mass is 32.2. The van der Waals surface area contributed by atoms with Gasteiger partial charge in [-0.05, 0) is 34.5 Å². The van der Waals surface area contributed by atoms with Crippen LogP contribution in [-0.2, 0) is 4.79 Å². The molecular weight excluding hydrogens is 306 g/mol. The van der Waals surface area contributed by atoms with Gasteiger partial charge in [0.05, 0.1) is 4.91 Å². The quantitative estimate of drug-likeness (QED) is 0.611. The summed E-state index contributed by atoms with van der Waals surface area (Å²) in [4.78, 5) is 25.6. The third-order valence-electron chi connectivity index (χ3n) is 3.50. The predicted octanol–water partition coefficient (Wildman–Crippen LogP) is 4.58. The summed E-state index contributed by atoms with van der Waals surface area (Å²) in [5.74, 6) is -0.257. The van der Waals surface area contributed by atoms with Gasteiger partial charge in [-0.25, -0.2) is 0 Å². The zero-order valence-electron chi connectivity index (χ0n) is 12.4. The van der Waals surface area contributed by atoms with Crippen molar-refractivity contribution in [3.05, 3.63) is 77.7 Å². The van der Waals surface area contributed by atoms with Gasteiger partial charge in [0.1, 0.15) is 0 Å². The second-order valence-electron chi connectivity index (χ2n) is 5.07. The van der Waals surface area contributed by atoms with Crippen LogP contribution in [0, 0.1) is 0 Å². The first-order valence-corrected chi connectivity index (χ1v) is 8.02. The molecule has 1 aliphatic rings. The average Bonchev–Trinajstić information content (AvgIpc) is 2.84. The van der Waals surface area contributed by atoms with E-state index in [1.165, 1.54) is 4.90 Å². The highest BCUT2D eigenvalue weighted by Gasteiger charge is 2.33. The Kier molecular flexibility index (Phi) is 4.44. The summed E-state index contributed by atoms with van der Waals surface area (Å²) in [6.07, 6.45) is 3.30. The molecule has 23 heavy (non-hydrogen) atoms. The molecular formula is C19H15NO2S. The number of benzene rings is 2. The number of amides is 2. The Morgan fingerprint density at radius 2 is 1.61 bits per heavy atom. The fraction of sp³-hybridized carbons (Fsp3) is 0.0526. The van der Waals surface area contributed by atoms with Crippen LogP contribution in [0.2, 0.25) is 0 Å². The van der Waals surface area contributed by atoms with Crippen molar-refractivity contribution in [2.24, 2.45) is 0 Å². The molecule has 0 bridgehead atoms. The number of hydrogen-bond donors (Lipinski definition) is 0. The Hall–Kier alpha value is -2.59. The zero-order valence-corrected chi connectivity index (χ0v) is 13.3. The second kappa shape index (κ2) is 6.67. The molecule has 0 N–H and O–H groups in total. The number of carbonyl (C=O) groups excluding carboxylic acids is 2. The number of nitrogens with zero attached hydrogens (tertiary/aromatic N) is 1. The third kappa shape index (κ3) is 3.27. The van der Waals surface area contributed by atoms with Crippen molar-refractivity contribution in [3.63, 3.8) is 0 Å². The second-order valence-corrected chi connectivity index (χ2v) is 6.06. The molecule has 0 unspecified atom stereocenters. The van der Waals surface area contributed by atoms with Crippen LogP contribution in [0.25, 0.3) is 17.2 Å². The summed E-state index contributed by atoms with van der Waals surface area (Å²) in [6, 6.07) is 18.0. The van der Waals surface area contributed by atoms with E-state index in [0.29, 0.717) is 4.91 Å². The predicted molar refractivity (Wildman–Crippen MR) is 94.8 cm³/mol. The lowest BCUT2D eigenvalue weighted by molar-refractivity contribution is -0.122. The standard InChI is InChI=1S/C19H15NO2S/c1-2-12-20-18(21)17(23-19(20)22)13-14-8-10-16(11-9-14)15-6-4-3-5-7-15/h2-11,13H,1,12H2/b17-13-. The lowest BCUT2D eigenvalue weighted by Crippen LogP contribution is -2.27. The monoisotopic (exact) mass is 321 g/mol. The molecule has 0 spiro atoms. The molecule has 114 valence electrons. The highest BCUT2D eigenvalue weighted by Crippen LogP contribution is 2.32. The Bertz CT molecular complexity index is 779. The van der Waals surface area contributed by atoms with E-state index in [2.05, 4.69) is 18.7 Å². The highest BCUT2D eigenvalue weighted by molar-refractivity contribution is 8.18. The maximum absolute atomic E-state index is 12.2. The number of thioether (sulfide) groups is 1. The van der Waals surface area contributed by atoms with Gasteiger partial charge >= 0.3 is 0 Å². The third-order valence-corrected chi connectivity index (χ3v) is 4.41. The van der Waals surface area contributed by atoms with Crippen LogP contribution in [0.15, 0.2) is 72.2 Å². The average molecular weight is 321 g/mol. The first-order chi connectivity index (χ1) is 11.2. The molecule has 3 rings (SSSR count). The van der Waals surface area contributed by atoms with Crippen molar-refractivity contribution in [2.75, 3.05) is 6.54 Å². The minimum Gasteiger partial charge on any atom is -0.268 e. The molecule has 1 heterocycles. The van der Waals surface area contributed by atoms with Gasteiger partial charge < -0.3 is 0 Å². The summed E-state index contributed by atoms with van der Waals surface area (Å²) in [5, 5.41) is -0.248. The van der Waals surface area contributed by atoms with Gasteiger partial charge in [0, 0.05) is 6.54 Å². The first kappa shape index (κ1) is 15.3. The number of carbonyl (C=O) groups is 2. The zero-order chi connectivity index (χ0) is 16.2. The molecule has 2 aromatic rings. The summed E-state index contributed by atoms with van der Waals surface area (Å²) < 4.78 is 0. The van der Waals surface area contributed by atoms with Crippen LogP contribution in [0.3, 0.4) is 0 Å². The van der Waals surface area contributed by atoms with Crippen LogP contribution in [0.1, 0.15) is 5.56 Å². The Balaban J connectivity index is 1.82. The normalized spacial score (nSPS) is 16.2. The first-order valence-electron chi connectivity index (χ1n) is 7.21. The number of hydrogen-bond acceptors (Lipinski definition) is 3. The van der Waals surface area contributed by atoms with Crippen LogP contribution in [0.5, 0.6) is 0 Å². The van der Waals surface area contributed by atoms with E-state index >= 15 is 0 Å². The van der Waals surface area contributed by atoms with E-state index in [4.69, 9.17) is 0 Å². The molecule has 0 radical (unpaired) electrons. The van der Waals surface area contributed by atoms with Gasteiger partial charge in [0.25, 0.3) is 11.1 Å². The smallest absolute Gasteiger partial charge is 0.268 e. The number of rotatable bonds is 4. The molecule has 0 saturated carbocycles. The minimum absolute atomic E-state index is 0.245. The molecule has 1 fully saturated rings. The van der Waals surface area contributed by atoms with Gasteiger partial charge in [-0.2, -0.15) is 0 Å². The molecule has 2 amide bonds. The Labute approximate surface area is 139 Å². The molecule has 3 nitrogen and oxygen atoms in total. The van der Waals surface area contributed by atoms with Crippen molar-refractivity contribution < 1.29 is 9.59 Å². The fourth-order valence-electron chi connectivity index (χ4n) is 2.34. The lowest BCUT2D eigenvalue weighted by Gasteiger charge is -2.07. The summed E-state index contributed by atoms with van der Waals surface area (Å²) in [6.45, 7) is 3.81. The molecule has 0 aliphatic carbocycles. The Morgan fingerprint density at radius 3 is 2.26 bits per heavy atom. The molecule has 4 heteroatoms. The van der Waals surface area contributed by atoms with Gasteiger partial charge in [-0.3, -0.25) is 14.5 Å². The minimum atomic E-state index is -0.257. The van der Waals surface area contributed by atoms with Crippen LogP contribution >= 0.6 is 11.8 Å². The van der Waals surface area contributed by atoms with Crippen molar-refractivity contribution >= 4 is 29.0 Å². The van der Waals surface area contributed by atoms with Gasteiger partial charge in [-0.1, -0.05) is 60.7 Å². The van der Waals surface area contributed by atoms with Gasteiger partial charge in [0.2, 0.25) is 0 Å². The topological polar surface area (TPSA) is 37.4 Å². The van der Waals surface area contributed by atoms with Crippen molar-refractivity contribution in [2.45, 2.75) is 0 Å². The maximum atomic E-state index is 12.2. The van der Waals surface area contributed by atoms with Crippen molar-refractivity contribution in [1.82, 2.24) is 4.90 Å². The number of imide groups is 1. The summed E-state index contributed by atoms with van der Waals surface area (Å²) >= 11 is 0.968. The van der Waals surface area contributed by atoms with E-state index in [1.807, 2.05) is 42.5 Å². The largest absolute Gasteiger partial charge is 0.293 e. The summed E-state index contributed by atoms with van der Waals surface area (Å²) in [5.41, 5.74) is 3.15. The molecule has 2 aromatic carbocycles. The SMILES string of the molecule is C=CCN1C(=O)S/C(=C\c2ccc(-c3ccccc3)cc2)C1=O. The summed E-state index contributed by atoms with van der Waals surface area (Å²) in [7, 11) is 0. The van der Waals surface area contributed by atoms with E-state index in [-0.39, 0.29) is 17.7 Å². The van der Waals surface area contributed by atoms with Gasteiger partial charge in [-0.15, -0.1) is 6.58 Å².